The third-order valence-electron chi connectivity index (χ3n) is 2.02. The average molecular weight is 280 g/mol. The van der Waals surface area contributed by atoms with Gasteiger partial charge in [0.25, 0.3) is 0 Å². The van der Waals surface area contributed by atoms with E-state index in [0.717, 1.165) is 0 Å². The second kappa shape index (κ2) is 8.66. The third kappa shape index (κ3) is 8.66. The van der Waals surface area contributed by atoms with E-state index >= 15 is 0 Å². The van der Waals surface area contributed by atoms with E-state index in [1.807, 2.05) is 13.8 Å². The summed E-state index contributed by atoms with van der Waals surface area (Å²) in [6.45, 7) is 3.98. The highest BCUT2D eigenvalue weighted by molar-refractivity contribution is 7.48. The minimum Gasteiger partial charge on any atom is -0.377 e. The van der Waals surface area contributed by atoms with Gasteiger partial charge in [-0.25, -0.2) is 5.16 Å². The van der Waals surface area contributed by atoms with Crippen molar-refractivity contribution in [2.75, 3.05) is 20.3 Å². The van der Waals surface area contributed by atoms with Gasteiger partial charge in [-0.3, -0.25) is 4.79 Å². The average Bonchev–Trinajstić information content (AvgIpc) is 2.32. The highest BCUT2D eigenvalue weighted by Crippen LogP contribution is 2.42. The van der Waals surface area contributed by atoms with E-state index in [4.69, 9.17) is 14.4 Å². The minimum absolute atomic E-state index is 0.0261. The van der Waals surface area contributed by atoms with Crippen LogP contribution in [0.5, 0.6) is 0 Å². The van der Waals surface area contributed by atoms with Gasteiger partial charge >= 0.3 is 7.74 Å². The highest BCUT2D eigenvalue weighted by Gasteiger charge is 2.19. The Labute approximate surface area is 109 Å². The molecule has 2 unspecified atom stereocenters. The maximum absolute atomic E-state index is 11.3. The van der Waals surface area contributed by atoms with Gasteiger partial charge in [-0.15, -0.1) is 0 Å². The SMILES string of the molecule is BCC(=O)NC(COC(C)C)COP(=N)(O)OC. The summed E-state index contributed by atoms with van der Waals surface area (Å²) in [6, 6.07) is -0.410. The van der Waals surface area contributed by atoms with Gasteiger partial charge in [-0.1, -0.05) is 0 Å². The molecule has 0 bridgehead atoms. The summed E-state index contributed by atoms with van der Waals surface area (Å²) >= 11 is 0. The zero-order valence-electron chi connectivity index (χ0n) is 11.3. The topological polar surface area (TPSA) is 101 Å². The molecule has 18 heavy (non-hydrogen) atoms. The normalized spacial score (nSPS) is 16.3. The number of hydrogen-bond acceptors (Lipinski definition) is 5. The molecule has 0 aromatic rings. The molecule has 0 spiro atoms. The van der Waals surface area contributed by atoms with Crippen molar-refractivity contribution in [3.63, 3.8) is 0 Å². The molecule has 1 amide bonds. The molecule has 9 heteroatoms. The van der Waals surface area contributed by atoms with Crippen LogP contribution in [0.25, 0.3) is 0 Å². The molecule has 3 N–H and O–H groups in total. The predicted octanol–water partition coefficient (Wildman–Crippen LogP) is 0.128. The molecule has 0 aromatic carbocycles. The van der Waals surface area contributed by atoms with Crippen molar-refractivity contribution in [2.24, 2.45) is 0 Å². The van der Waals surface area contributed by atoms with Crippen molar-refractivity contribution in [2.45, 2.75) is 32.3 Å². The number of nitrogens with one attached hydrogen (secondary N) is 2. The summed E-state index contributed by atoms with van der Waals surface area (Å²) in [5.74, 6) is -0.139. The van der Waals surface area contributed by atoms with Crippen molar-refractivity contribution in [1.82, 2.24) is 5.32 Å². The lowest BCUT2D eigenvalue weighted by Crippen LogP contribution is -2.41. The number of carbonyl (C=O) groups is 1. The van der Waals surface area contributed by atoms with Crippen LogP contribution in [0.1, 0.15) is 13.8 Å². The molecule has 0 aromatic heterocycles. The maximum Gasteiger partial charge on any atom is 0.349 e. The van der Waals surface area contributed by atoms with Gasteiger partial charge in [0.2, 0.25) is 5.91 Å². The summed E-state index contributed by atoms with van der Waals surface area (Å²) in [4.78, 5) is 20.6. The third-order valence-corrected chi connectivity index (χ3v) is 3.01. The molecule has 0 aliphatic heterocycles. The Hall–Kier alpha value is -0.395. The maximum atomic E-state index is 11.3. The summed E-state index contributed by atoms with van der Waals surface area (Å²) in [6.07, 6.45) is 0.376. The fraction of sp³-hybridized carbons (Fsp3) is 0.889. The summed E-state index contributed by atoms with van der Waals surface area (Å²) in [5.41, 5.74) is 0. The van der Waals surface area contributed by atoms with E-state index in [0.29, 0.717) is 6.32 Å². The van der Waals surface area contributed by atoms with E-state index in [1.165, 1.54) is 7.11 Å². The minimum atomic E-state index is -3.53. The number of carbonyl (C=O) groups excluding carboxylic acids is 1. The lowest BCUT2D eigenvalue weighted by atomic mass is 10.0. The fourth-order valence-electron chi connectivity index (χ4n) is 1.01. The standard InChI is InChI=1S/C9H22BN2O5P/c1-7(2)16-5-8(12-9(13)4-10)6-17-18(11,14)15-3/h7-8H,4-6,10H2,1-3H3,(H2,11,14)(H,12,13). The summed E-state index contributed by atoms with van der Waals surface area (Å²) in [5, 5.41) is 9.98. The molecule has 0 fully saturated rings. The van der Waals surface area contributed by atoms with Crippen LogP contribution in [0, 0.1) is 5.16 Å². The van der Waals surface area contributed by atoms with Crippen LogP contribution >= 0.6 is 7.74 Å². The van der Waals surface area contributed by atoms with Gasteiger partial charge in [0, 0.05) is 7.11 Å². The van der Waals surface area contributed by atoms with Gasteiger partial charge in [-0.05, 0) is 20.2 Å². The lowest BCUT2D eigenvalue weighted by Gasteiger charge is -2.22. The second-order valence-electron chi connectivity index (χ2n) is 4.00. The molecule has 106 valence electrons. The Kier molecular flexibility index (Phi) is 8.47. The predicted molar refractivity (Wildman–Crippen MR) is 71.2 cm³/mol. The van der Waals surface area contributed by atoms with Gasteiger partial charge in [0.05, 0.1) is 25.4 Å². The Bertz CT molecular complexity index is 303. The molecule has 2 atom stereocenters. The Morgan fingerprint density at radius 3 is 2.56 bits per heavy atom. The quantitative estimate of drug-likeness (QED) is 0.411. The molecular weight excluding hydrogens is 258 g/mol. The smallest absolute Gasteiger partial charge is 0.349 e. The molecule has 0 rings (SSSR count). The van der Waals surface area contributed by atoms with Crippen LogP contribution in [-0.4, -0.2) is 51.1 Å². The molecule has 0 aliphatic rings. The molecule has 0 aliphatic carbocycles. The van der Waals surface area contributed by atoms with Gasteiger partial charge < -0.3 is 24.0 Å². The largest absolute Gasteiger partial charge is 0.377 e. The molecule has 0 radical (unpaired) electrons. The molecule has 0 saturated carbocycles. The van der Waals surface area contributed by atoms with Crippen molar-refractivity contribution in [3.05, 3.63) is 0 Å². The van der Waals surface area contributed by atoms with Gasteiger partial charge in [-0.2, -0.15) is 0 Å². The molecular formula is C9H22BN2O5P. The first-order valence-corrected chi connectivity index (χ1v) is 7.36. The first-order valence-electron chi connectivity index (χ1n) is 5.78. The number of hydrogen-bond donors (Lipinski definition) is 3. The van der Waals surface area contributed by atoms with E-state index < -0.39 is 13.8 Å². The number of ether oxygens (including phenoxy) is 1. The number of amides is 1. The van der Waals surface area contributed by atoms with Gasteiger partial charge in [0.15, 0.2) is 0 Å². The Balaban J connectivity index is 4.28. The zero-order chi connectivity index (χ0) is 14.2. The second-order valence-corrected chi connectivity index (χ2v) is 5.66. The van der Waals surface area contributed by atoms with E-state index in [9.17, 15) is 9.69 Å². The van der Waals surface area contributed by atoms with Crippen LogP contribution in [0.2, 0.25) is 6.32 Å². The van der Waals surface area contributed by atoms with Crippen LogP contribution in [0.15, 0.2) is 0 Å². The van der Waals surface area contributed by atoms with Crippen LogP contribution in [0.4, 0.5) is 0 Å². The molecule has 0 heterocycles. The van der Waals surface area contributed by atoms with Crippen LogP contribution < -0.4 is 5.32 Å². The Morgan fingerprint density at radius 1 is 1.50 bits per heavy atom. The summed E-state index contributed by atoms with van der Waals surface area (Å²) in [7, 11) is -0.598. The van der Waals surface area contributed by atoms with Crippen molar-refractivity contribution < 1.29 is 23.5 Å². The molecule has 0 saturated heterocycles. The van der Waals surface area contributed by atoms with Crippen LogP contribution in [-0.2, 0) is 18.6 Å². The lowest BCUT2D eigenvalue weighted by molar-refractivity contribution is -0.120. The van der Waals surface area contributed by atoms with E-state index in [1.54, 1.807) is 7.85 Å². The fourth-order valence-corrected chi connectivity index (χ4v) is 1.50. The van der Waals surface area contributed by atoms with Gasteiger partial charge in [0.1, 0.15) is 7.85 Å². The van der Waals surface area contributed by atoms with E-state index in [2.05, 4.69) is 9.84 Å². The van der Waals surface area contributed by atoms with Crippen molar-refractivity contribution in [3.8, 4) is 0 Å². The highest BCUT2D eigenvalue weighted by atomic mass is 31.2. The molecule has 7 nitrogen and oxygen atoms in total. The monoisotopic (exact) mass is 280 g/mol. The van der Waals surface area contributed by atoms with Crippen LogP contribution in [0.3, 0.4) is 0 Å². The summed E-state index contributed by atoms with van der Waals surface area (Å²) < 4.78 is 14.8. The first-order chi connectivity index (χ1) is 8.30. The zero-order valence-corrected chi connectivity index (χ0v) is 12.2. The number of rotatable bonds is 9. The van der Waals surface area contributed by atoms with E-state index in [-0.39, 0.29) is 25.2 Å². The Morgan fingerprint density at radius 2 is 2.11 bits per heavy atom. The van der Waals surface area contributed by atoms with Crippen molar-refractivity contribution >= 4 is 21.5 Å². The first kappa shape index (κ1) is 17.6. The van der Waals surface area contributed by atoms with Crippen molar-refractivity contribution in [1.29, 1.82) is 5.16 Å².